The molecule has 0 saturated carbocycles. The van der Waals surface area contributed by atoms with E-state index in [9.17, 15) is 4.79 Å². The summed E-state index contributed by atoms with van der Waals surface area (Å²) in [4.78, 5) is 13.4. The fourth-order valence-corrected chi connectivity index (χ4v) is 2.12. The smallest absolute Gasteiger partial charge is 0.310 e. The highest BCUT2D eigenvalue weighted by Gasteiger charge is 2.37. The molecule has 1 aliphatic heterocycles. The van der Waals surface area contributed by atoms with Gasteiger partial charge in [0.25, 0.3) is 0 Å². The molecule has 0 amide bonds. The average Bonchev–Trinajstić information content (AvgIpc) is 2.72. The van der Waals surface area contributed by atoms with Crippen molar-refractivity contribution in [3.8, 4) is 0 Å². The number of hydrogen-bond acceptors (Lipinski definition) is 3. The predicted octanol–water partition coefficient (Wildman–Crippen LogP) is 1.76. The van der Waals surface area contributed by atoms with E-state index in [1.807, 2.05) is 0 Å². The van der Waals surface area contributed by atoms with Gasteiger partial charge in [-0.3, -0.25) is 9.69 Å². The van der Waals surface area contributed by atoms with E-state index in [1.165, 1.54) is 5.57 Å². The third kappa shape index (κ3) is 4.13. The third-order valence-electron chi connectivity index (χ3n) is 3.08. The van der Waals surface area contributed by atoms with E-state index in [2.05, 4.69) is 31.7 Å². The van der Waals surface area contributed by atoms with Crippen molar-refractivity contribution in [2.45, 2.75) is 33.2 Å². The summed E-state index contributed by atoms with van der Waals surface area (Å²) in [5.74, 6) is -1.13. The van der Waals surface area contributed by atoms with E-state index in [0.29, 0.717) is 13.2 Å². The Bertz CT molecular complexity index is 284. The second-order valence-electron chi connectivity index (χ2n) is 4.83. The van der Waals surface area contributed by atoms with Gasteiger partial charge in [-0.15, -0.1) is 0 Å². The SMILES string of the molecule is CCCN(CC=C(C)C)C1COCC1C(=O)O. The molecule has 1 N–H and O–H groups in total. The lowest BCUT2D eigenvalue weighted by Crippen LogP contribution is -2.43. The topological polar surface area (TPSA) is 49.8 Å². The first kappa shape index (κ1) is 14.2. The van der Waals surface area contributed by atoms with Crippen LogP contribution in [0.1, 0.15) is 27.2 Å². The van der Waals surface area contributed by atoms with Crippen molar-refractivity contribution in [1.82, 2.24) is 4.90 Å². The van der Waals surface area contributed by atoms with Crippen molar-refractivity contribution in [2.24, 2.45) is 5.92 Å². The summed E-state index contributed by atoms with van der Waals surface area (Å²) in [6, 6.07) is 0.0167. The summed E-state index contributed by atoms with van der Waals surface area (Å²) >= 11 is 0. The molecule has 0 aromatic carbocycles. The molecule has 98 valence electrons. The molecule has 0 aromatic heterocycles. The van der Waals surface area contributed by atoms with Crippen LogP contribution >= 0.6 is 0 Å². The van der Waals surface area contributed by atoms with Crippen LogP contribution in [-0.4, -0.2) is 48.3 Å². The number of allylic oxidation sites excluding steroid dienone is 1. The van der Waals surface area contributed by atoms with E-state index >= 15 is 0 Å². The molecule has 1 aliphatic rings. The van der Waals surface area contributed by atoms with Gasteiger partial charge < -0.3 is 9.84 Å². The Morgan fingerprint density at radius 2 is 2.18 bits per heavy atom. The van der Waals surface area contributed by atoms with Crippen molar-refractivity contribution in [1.29, 1.82) is 0 Å². The van der Waals surface area contributed by atoms with Crippen LogP contribution in [0.25, 0.3) is 0 Å². The van der Waals surface area contributed by atoms with E-state index in [4.69, 9.17) is 9.84 Å². The van der Waals surface area contributed by atoms with Gasteiger partial charge in [-0.2, -0.15) is 0 Å². The Morgan fingerprint density at radius 3 is 2.71 bits per heavy atom. The zero-order chi connectivity index (χ0) is 12.8. The summed E-state index contributed by atoms with van der Waals surface area (Å²) in [6.07, 6.45) is 3.17. The second kappa shape index (κ2) is 6.77. The Hall–Kier alpha value is -0.870. The van der Waals surface area contributed by atoms with Gasteiger partial charge in [-0.05, 0) is 26.8 Å². The number of rotatable bonds is 6. The summed E-state index contributed by atoms with van der Waals surface area (Å²) in [5, 5.41) is 9.16. The first-order chi connectivity index (χ1) is 8.06. The molecule has 1 saturated heterocycles. The van der Waals surface area contributed by atoms with Crippen LogP contribution in [0.2, 0.25) is 0 Å². The van der Waals surface area contributed by atoms with Crippen LogP contribution < -0.4 is 0 Å². The van der Waals surface area contributed by atoms with Crippen LogP contribution in [0.4, 0.5) is 0 Å². The Kier molecular flexibility index (Phi) is 5.65. The molecule has 0 aromatic rings. The maximum Gasteiger partial charge on any atom is 0.310 e. The molecule has 0 bridgehead atoms. The van der Waals surface area contributed by atoms with Crippen LogP contribution in [0.3, 0.4) is 0 Å². The largest absolute Gasteiger partial charge is 0.481 e. The van der Waals surface area contributed by atoms with E-state index in [0.717, 1.165) is 19.5 Å². The number of nitrogens with zero attached hydrogens (tertiary/aromatic N) is 1. The first-order valence-electron chi connectivity index (χ1n) is 6.24. The molecule has 1 heterocycles. The average molecular weight is 241 g/mol. The molecule has 4 nitrogen and oxygen atoms in total. The van der Waals surface area contributed by atoms with Crippen molar-refractivity contribution in [3.63, 3.8) is 0 Å². The van der Waals surface area contributed by atoms with Gasteiger partial charge >= 0.3 is 5.97 Å². The van der Waals surface area contributed by atoms with Crippen molar-refractivity contribution in [2.75, 3.05) is 26.3 Å². The van der Waals surface area contributed by atoms with Gasteiger partial charge in [0.2, 0.25) is 0 Å². The normalized spacial score (nSPS) is 24.0. The van der Waals surface area contributed by atoms with Crippen LogP contribution in [0, 0.1) is 5.92 Å². The highest BCUT2D eigenvalue weighted by atomic mass is 16.5. The minimum absolute atomic E-state index is 0.0167. The van der Waals surface area contributed by atoms with Crippen LogP contribution in [0.5, 0.6) is 0 Å². The van der Waals surface area contributed by atoms with Crippen molar-refractivity contribution >= 4 is 5.97 Å². The summed E-state index contributed by atoms with van der Waals surface area (Å²) in [5.41, 5.74) is 1.26. The van der Waals surface area contributed by atoms with Gasteiger partial charge in [-0.25, -0.2) is 0 Å². The van der Waals surface area contributed by atoms with E-state index < -0.39 is 5.97 Å². The van der Waals surface area contributed by atoms with Crippen LogP contribution in [-0.2, 0) is 9.53 Å². The van der Waals surface area contributed by atoms with E-state index in [1.54, 1.807) is 0 Å². The standard InChI is InChI=1S/C13H23NO3/c1-4-6-14(7-5-10(2)3)12-9-17-8-11(12)13(15)16/h5,11-12H,4,6-9H2,1-3H3,(H,15,16). The Morgan fingerprint density at radius 1 is 1.47 bits per heavy atom. The highest BCUT2D eigenvalue weighted by molar-refractivity contribution is 5.71. The van der Waals surface area contributed by atoms with Crippen molar-refractivity contribution < 1.29 is 14.6 Å². The summed E-state index contributed by atoms with van der Waals surface area (Å²) in [6.45, 7) is 8.84. The Balaban J connectivity index is 2.68. The van der Waals surface area contributed by atoms with E-state index in [-0.39, 0.29) is 12.0 Å². The summed E-state index contributed by atoms with van der Waals surface area (Å²) in [7, 11) is 0. The lowest BCUT2D eigenvalue weighted by Gasteiger charge is -2.29. The quantitative estimate of drug-likeness (QED) is 0.720. The number of carboxylic acids is 1. The lowest BCUT2D eigenvalue weighted by atomic mass is 10.0. The fourth-order valence-electron chi connectivity index (χ4n) is 2.12. The summed E-state index contributed by atoms with van der Waals surface area (Å²) < 4.78 is 5.32. The molecule has 2 atom stereocenters. The minimum Gasteiger partial charge on any atom is -0.481 e. The molecule has 0 aliphatic carbocycles. The lowest BCUT2D eigenvalue weighted by molar-refractivity contribution is -0.143. The monoisotopic (exact) mass is 241 g/mol. The fraction of sp³-hybridized carbons (Fsp3) is 0.769. The third-order valence-corrected chi connectivity index (χ3v) is 3.08. The molecule has 2 unspecified atom stereocenters. The van der Waals surface area contributed by atoms with Gasteiger partial charge in [0.05, 0.1) is 19.1 Å². The maximum absolute atomic E-state index is 11.1. The number of ether oxygens (including phenoxy) is 1. The molecular weight excluding hydrogens is 218 g/mol. The number of carbonyl (C=O) groups is 1. The number of aliphatic carboxylic acids is 1. The predicted molar refractivity (Wildman–Crippen MR) is 67.0 cm³/mol. The number of carboxylic acid groups (broad SMARTS) is 1. The highest BCUT2D eigenvalue weighted by Crippen LogP contribution is 2.20. The number of hydrogen-bond donors (Lipinski definition) is 1. The van der Waals surface area contributed by atoms with Crippen molar-refractivity contribution in [3.05, 3.63) is 11.6 Å². The zero-order valence-corrected chi connectivity index (χ0v) is 11.0. The Labute approximate surface area is 103 Å². The van der Waals surface area contributed by atoms with Gasteiger partial charge in [0.15, 0.2) is 0 Å². The maximum atomic E-state index is 11.1. The first-order valence-corrected chi connectivity index (χ1v) is 6.24. The second-order valence-corrected chi connectivity index (χ2v) is 4.83. The van der Waals surface area contributed by atoms with Gasteiger partial charge in [0.1, 0.15) is 0 Å². The zero-order valence-electron chi connectivity index (χ0n) is 11.0. The van der Waals surface area contributed by atoms with Crippen LogP contribution in [0.15, 0.2) is 11.6 Å². The molecule has 1 fully saturated rings. The molecule has 0 radical (unpaired) electrons. The van der Waals surface area contributed by atoms with Gasteiger partial charge in [0, 0.05) is 12.6 Å². The van der Waals surface area contributed by atoms with Gasteiger partial charge in [-0.1, -0.05) is 18.6 Å². The molecule has 17 heavy (non-hydrogen) atoms. The molecule has 0 spiro atoms. The molecule has 1 rings (SSSR count). The molecule has 4 heteroatoms. The molecular formula is C13H23NO3. The minimum atomic E-state index is -0.745.